The zero-order valence-electron chi connectivity index (χ0n) is 14.5. The van der Waals surface area contributed by atoms with E-state index in [9.17, 15) is 4.79 Å². The molecule has 1 aromatic carbocycles. The second-order valence-corrected chi connectivity index (χ2v) is 7.09. The van der Waals surface area contributed by atoms with E-state index in [4.69, 9.17) is 17.0 Å². The van der Waals surface area contributed by atoms with E-state index >= 15 is 0 Å². The molecule has 1 atom stereocenters. The molecule has 0 saturated carbocycles. The number of aromatic nitrogens is 1. The molecule has 0 saturated heterocycles. The first-order valence-electron chi connectivity index (χ1n) is 8.47. The molecule has 1 aromatic heterocycles. The van der Waals surface area contributed by atoms with Crippen LogP contribution in [0.5, 0.6) is 0 Å². The maximum absolute atomic E-state index is 12.1. The number of nitrogens with zero attached hydrogens (tertiary/aromatic N) is 1. The summed E-state index contributed by atoms with van der Waals surface area (Å²) >= 11 is 6.78. The average molecular weight is 388 g/mol. The Labute approximate surface area is 162 Å². The second kappa shape index (κ2) is 9.00. The molecule has 2 aromatic rings. The number of aryl methyl sites for hydroxylation is 1. The molecule has 0 radical (unpaired) electrons. The van der Waals surface area contributed by atoms with Crippen molar-refractivity contribution >= 4 is 35.1 Å². The molecule has 2 N–H and O–H groups in total. The quantitative estimate of drug-likeness (QED) is 0.342. The summed E-state index contributed by atoms with van der Waals surface area (Å²) in [6.07, 6.45) is 5.65. The van der Waals surface area contributed by atoms with Crippen LogP contribution in [-0.2, 0) is 11.2 Å². The smallest absolute Gasteiger partial charge is 0.340 e. The summed E-state index contributed by atoms with van der Waals surface area (Å²) in [5, 5.41) is 7.68. The minimum absolute atomic E-state index is 0.241. The molecule has 0 aliphatic heterocycles. The van der Waals surface area contributed by atoms with Gasteiger partial charge in [-0.05, 0) is 54.6 Å². The molecule has 3 rings (SSSR count). The van der Waals surface area contributed by atoms with Crippen molar-refractivity contribution in [2.75, 3.05) is 19.4 Å². The fourth-order valence-corrected chi connectivity index (χ4v) is 3.79. The highest BCUT2D eigenvalue weighted by Gasteiger charge is 2.22. The van der Waals surface area contributed by atoms with Crippen molar-refractivity contribution in [3.8, 4) is 0 Å². The predicted molar refractivity (Wildman–Crippen MR) is 108 cm³/mol. The van der Waals surface area contributed by atoms with E-state index < -0.39 is 0 Å². The lowest BCUT2D eigenvalue weighted by molar-refractivity contribution is 0.0507. The molecule has 136 valence electrons. The van der Waals surface area contributed by atoms with Crippen LogP contribution in [0, 0.1) is 0 Å². The Kier molecular flexibility index (Phi) is 6.46. The van der Waals surface area contributed by atoms with Crippen LogP contribution in [0.2, 0.25) is 0 Å². The summed E-state index contributed by atoms with van der Waals surface area (Å²) in [6.45, 7) is 0.700. The van der Waals surface area contributed by atoms with Gasteiger partial charge in [-0.25, -0.2) is 9.78 Å². The first kappa shape index (κ1) is 18.7. The van der Waals surface area contributed by atoms with Crippen molar-refractivity contribution in [2.24, 2.45) is 0 Å². The highest BCUT2D eigenvalue weighted by molar-refractivity contribution is 7.98. The summed E-state index contributed by atoms with van der Waals surface area (Å²) in [5.41, 5.74) is 3.18. The van der Waals surface area contributed by atoms with Gasteiger partial charge in [0.1, 0.15) is 11.6 Å². The maximum Gasteiger partial charge on any atom is 0.340 e. The minimum Gasteiger partial charge on any atom is -0.460 e. The molecule has 7 heteroatoms. The number of carbonyl (C=O) groups excluding carboxylic acids is 1. The zero-order chi connectivity index (χ0) is 18.4. The zero-order valence-corrected chi connectivity index (χ0v) is 16.2. The molecule has 1 heterocycles. The number of pyridine rings is 1. The predicted octanol–water partition coefficient (Wildman–Crippen LogP) is 3.11. The highest BCUT2D eigenvalue weighted by Crippen LogP contribution is 2.30. The van der Waals surface area contributed by atoms with E-state index in [0.717, 1.165) is 12.8 Å². The molecule has 26 heavy (non-hydrogen) atoms. The number of benzene rings is 1. The third-order valence-electron chi connectivity index (χ3n) is 4.24. The number of nitrogens with one attached hydrogen (secondary N) is 2. The Bertz CT molecular complexity index is 798. The summed E-state index contributed by atoms with van der Waals surface area (Å²) in [4.78, 5) is 16.3. The van der Waals surface area contributed by atoms with Crippen molar-refractivity contribution in [1.29, 1.82) is 0 Å². The van der Waals surface area contributed by atoms with Gasteiger partial charge in [0, 0.05) is 6.20 Å². The molecule has 1 unspecified atom stereocenters. The molecule has 0 bridgehead atoms. The van der Waals surface area contributed by atoms with Gasteiger partial charge < -0.3 is 15.4 Å². The number of rotatable bonds is 6. The van der Waals surface area contributed by atoms with E-state index in [1.807, 2.05) is 6.26 Å². The van der Waals surface area contributed by atoms with Gasteiger partial charge in [0.05, 0.1) is 18.2 Å². The molecular formula is C19H21N3O2S2. The fraction of sp³-hybridized carbons (Fsp3) is 0.316. The SMILES string of the molecule is CSc1ncccc1C(=O)OCCNC(=S)NC1CCc2ccccc21. The Morgan fingerprint density at radius 1 is 1.35 bits per heavy atom. The van der Waals surface area contributed by atoms with Crippen molar-refractivity contribution in [3.63, 3.8) is 0 Å². The number of thiocarbonyl (C=S) groups is 1. The Morgan fingerprint density at radius 2 is 2.19 bits per heavy atom. The van der Waals surface area contributed by atoms with Crippen molar-refractivity contribution in [1.82, 2.24) is 15.6 Å². The molecule has 0 fully saturated rings. The Balaban J connectivity index is 1.41. The van der Waals surface area contributed by atoms with Gasteiger partial charge >= 0.3 is 5.97 Å². The molecular weight excluding hydrogens is 366 g/mol. The lowest BCUT2D eigenvalue weighted by Crippen LogP contribution is -2.38. The van der Waals surface area contributed by atoms with Crippen LogP contribution in [0.15, 0.2) is 47.6 Å². The third-order valence-corrected chi connectivity index (χ3v) is 5.22. The van der Waals surface area contributed by atoms with Crippen LogP contribution in [0.4, 0.5) is 0 Å². The fourth-order valence-electron chi connectivity index (χ4n) is 3.01. The molecule has 0 amide bonds. The largest absolute Gasteiger partial charge is 0.460 e. The van der Waals surface area contributed by atoms with Crippen LogP contribution in [-0.4, -0.2) is 35.5 Å². The van der Waals surface area contributed by atoms with Crippen LogP contribution >= 0.6 is 24.0 Å². The number of thioether (sulfide) groups is 1. The van der Waals surface area contributed by atoms with E-state index in [1.54, 1.807) is 18.3 Å². The maximum atomic E-state index is 12.1. The van der Waals surface area contributed by atoms with E-state index in [0.29, 0.717) is 22.2 Å². The van der Waals surface area contributed by atoms with Crippen molar-refractivity contribution in [3.05, 3.63) is 59.3 Å². The summed E-state index contributed by atoms with van der Waals surface area (Å²) in [6, 6.07) is 12.1. The lowest BCUT2D eigenvalue weighted by atomic mass is 10.1. The second-order valence-electron chi connectivity index (χ2n) is 5.89. The number of hydrogen-bond acceptors (Lipinski definition) is 5. The lowest BCUT2D eigenvalue weighted by Gasteiger charge is -2.17. The van der Waals surface area contributed by atoms with Gasteiger partial charge in [-0.3, -0.25) is 0 Å². The van der Waals surface area contributed by atoms with Crippen LogP contribution in [0.25, 0.3) is 0 Å². The van der Waals surface area contributed by atoms with Gasteiger partial charge in [-0.15, -0.1) is 11.8 Å². The highest BCUT2D eigenvalue weighted by atomic mass is 32.2. The first-order chi connectivity index (χ1) is 12.7. The Morgan fingerprint density at radius 3 is 3.04 bits per heavy atom. The van der Waals surface area contributed by atoms with Gasteiger partial charge in [0.25, 0.3) is 0 Å². The normalized spacial score (nSPS) is 15.2. The van der Waals surface area contributed by atoms with E-state index in [2.05, 4.69) is 39.9 Å². The van der Waals surface area contributed by atoms with E-state index in [1.165, 1.54) is 22.9 Å². The molecule has 1 aliphatic rings. The number of fused-ring (bicyclic) bond motifs is 1. The average Bonchev–Trinajstić information content (AvgIpc) is 3.08. The molecule has 1 aliphatic carbocycles. The van der Waals surface area contributed by atoms with Gasteiger partial charge in [0.15, 0.2) is 5.11 Å². The molecule has 5 nitrogen and oxygen atoms in total. The third kappa shape index (κ3) is 4.53. The minimum atomic E-state index is -0.368. The number of carbonyl (C=O) groups is 1. The number of hydrogen-bond donors (Lipinski definition) is 2. The van der Waals surface area contributed by atoms with Gasteiger partial charge in [-0.2, -0.15) is 0 Å². The first-order valence-corrected chi connectivity index (χ1v) is 10.1. The number of esters is 1. The standard InChI is InChI=1S/C19H21N3O2S2/c1-26-17-15(7-4-10-20-17)18(23)24-12-11-21-19(25)22-16-9-8-13-5-2-3-6-14(13)16/h2-7,10,16H,8-9,11-12H2,1H3,(H2,21,22,25). The van der Waals surface area contributed by atoms with Gasteiger partial charge in [0.2, 0.25) is 0 Å². The topological polar surface area (TPSA) is 63.2 Å². The van der Waals surface area contributed by atoms with Crippen molar-refractivity contribution in [2.45, 2.75) is 23.9 Å². The van der Waals surface area contributed by atoms with Crippen molar-refractivity contribution < 1.29 is 9.53 Å². The van der Waals surface area contributed by atoms with Crippen LogP contribution in [0.1, 0.15) is 33.9 Å². The van der Waals surface area contributed by atoms with Gasteiger partial charge in [-0.1, -0.05) is 24.3 Å². The molecule has 0 spiro atoms. The van der Waals surface area contributed by atoms with Crippen LogP contribution < -0.4 is 10.6 Å². The summed E-state index contributed by atoms with van der Waals surface area (Å²) in [7, 11) is 0. The van der Waals surface area contributed by atoms with Crippen LogP contribution in [0.3, 0.4) is 0 Å². The van der Waals surface area contributed by atoms with E-state index in [-0.39, 0.29) is 18.6 Å². The summed E-state index contributed by atoms with van der Waals surface area (Å²) in [5.74, 6) is -0.368. The number of ether oxygens (including phenoxy) is 1. The Hall–Kier alpha value is -2.12. The summed E-state index contributed by atoms with van der Waals surface area (Å²) < 4.78 is 5.31. The monoisotopic (exact) mass is 387 g/mol.